The molecule has 1 aliphatic rings. The molecule has 2 N–H and O–H groups in total. The van der Waals surface area contributed by atoms with Gasteiger partial charge in [-0.15, -0.1) is 0 Å². The van der Waals surface area contributed by atoms with Crippen molar-refractivity contribution in [1.29, 1.82) is 0 Å². The van der Waals surface area contributed by atoms with Crippen molar-refractivity contribution in [1.82, 2.24) is 5.32 Å². The molecule has 0 spiro atoms. The van der Waals surface area contributed by atoms with E-state index < -0.39 is 6.10 Å². The normalized spacial score (nSPS) is 25.2. The average Bonchev–Trinajstić information content (AvgIpc) is 2.15. The van der Waals surface area contributed by atoms with Crippen molar-refractivity contribution in [2.75, 3.05) is 12.3 Å². The summed E-state index contributed by atoms with van der Waals surface area (Å²) in [5.74, 6) is 0.945. The van der Waals surface area contributed by atoms with Crippen LogP contribution in [-0.4, -0.2) is 34.7 Å². The standard InChI is InChI=1S/C9H17NO2S/c1-7(11)9(12)10-6-8-4-2-3-5-13-8/h7-8,11H,2-6H2,1H3,(H,10,12)/t7-,8?/m0/s1. The van der Waals surface area contributed by atoms with Crippen LogP contribution in [0.5, 0.6) is 0 Å². The molecule has 0 saturated carbocycles. The monoisotopic (exact) mass is 203 g/mol. The van der Waals surface area contributed by atoms with E-state index in [4.69, 9.17) is 5.11 Å². The molecule has 0 aromatic heterocycles. The minimum atomic E-state index is -0.881. The summed E-state index contributed by atoms with van der Waals surface area (Å²) >= 11 is 1.92. The van der Waals surface area contributed by atoms with Crippen LogP contribution in [0.25, 0.3) is 0 Å². The van der Waals surface area contributed by atoms with Crippen molar-refractivity contribution < 1.29 is 9.90 Å². The number of nitrogens with one attached hydrogen (secondary N) is 1. The molecule has 0 radical (unpaired) electrons. The van der Waals surface area contributed by atoms with Gasteiger partial charge in [0.25, 0.3) is 0 Å². The highest BCUT2D eigenvalue weighted by Crippen LogP contribution is 2.24. The number of thioether (sulfide) groups is 1. The molecule has 1 saturated heterocycles. The Kier molecular flexibility index (Phi) is 4.59. The maximum absolute atomic E-state index is 11.0. The first kappa shape index (κ1) is 10.9. The van der Waals surface area contributed by atoms with Gasteiger partial charge in [0.1, 0.15) is 6.10 Å². The first-order valence-corrected chi connectivity index (χ1v) is 5.82. The van der Waals surface area contributed by atoms with E-state index in [1.807, 2.05) is 11.8 Å². The van der Waals surface area contributed by atoms with Crippen LogP contribution < -0.4 is 5.32 Å². The summed E-state index contributed by atoms with van der Waals surface area (Å²) in [6, 6.07) is 0. The SMILES string of the molecule is C[C@H](O)C(=O)NCC1CCCCS1. The van der Waals surface area contributed by atoms with Gasteiger partial charge in [0, 0.05) is 11.8 Å². The smallest absolute Gasteiger partial charge is 0.248 e. The fourth-order valence-corrected chi connectivity index (χ4v) is 2.57. The molecule has 1 unspecified atom stereocenters. The highest BCUT2D eigenvalue weighted by Gasteiger charge is 2.15. The molecule has 1 heterocycles. The highest BCUT2D eigenvalue weighted by atomic mass is 32.2. The molecule has 0 aromatic carbocycles. The van der Waals surface area contributed by atoms with Crippen LogP contribution in [0.3, 0.4) is 0 Å². The van der Waals surface area contributed by atoms with Crippen LogP contribution in [0.15, 0.2) is 0 Å². The van der Waals surface area contributed by atoms with E-state index in [9.17, 15) is 4.79 Å². The van der Waals surface area contributed by atoms with E-state index >= 15 is 0 Å². The quantitative estimate of drug-likeness (QED) is 0.712. The van der Waals surface area contributed by atoms with Gasteiger partial charge in [0.2, 0.25) is 5.91 Å². The summed E-state index contributed by atoms with van der Waals surface area (Å²) in [5, 5.41) is 12.2. The van der Waals surface area contributed by atoms with Crippen LogP contribution in [0.4, 0.5) is 0 Å². The molecule has 1 fully saturated rings. The Labute approximate surface area is 83.3 Å². The second-order valence-electron chi connectivity index (χ2n) is 3.41. The van der Waals surface area contributed by atoms with E-state index in [0.717, 1.165) is 0 Å². The van der Waals surface area contributed by atoms with Crippen LogP contribution in [0.1, 0.15) is 26.2 Å². The number of carbonyl (C=O) groups excluding carboxylic acids is 1. The number of hydrogen-bond acceptors (Lipinski definition) is 3. The maximum atomic E-state index is 11.0. The zero-order valence-corrected chi connectivity index (χ0v) is 8.77. The van der Waals surface area contributed by atoms with Gasteiger partial charge in [-0.2, -0.15) is 11.8 Å². The summed E-state index contributed by atoms with van der Waals surface area (Å²) in [6.07, 6.45) is 2.87. The molecule has 4 heteroatoms. The fraction of sp³-hybridized carbons (Fsp3) is 0.889. The summed E-state index contributed by atoms with van der Waals surface area (Å²) < 4.78 is 0. The van der Waals surface area contributed by atoms with Gasteiger partial charge in [0.05, 0.1) is 0 Å². The Balaban J connectivity index is 2.13. The third-order valence-corrected chi connectivity index (χ3v) is 3.56. The van der Waals surface area contributed by atoms with E-state index in [-0.39, 0.29) is 5.91 Å². The minimum absolute atomic E-state index is 0.258. The number of aliphatic hydroxyl groups excluding tert-OH is 1. The molecule has 1 rings (SSSR count). The Bertz CT molecular complexity index is 167. The summed E-state index contributed by atoms with van der Waals surface area (Å²) in [7, 11) is 0. The largest absolute Gasteiger partial charge is 0.384 e. The van der Waals surface area contributed by atoms with Gasteiger partial charge in [0.15, 0.2) is 0 Å². The van der Waals surface area contributed by atoms with Gasteiger partial charge in [-0.1, -0.05) is 6.42 Å². The molecule has 0 aromatic rings. The molecular weight excluding hydrogens is 186 g/mol. The lowest BCUT2D eigenvalue weighted by Gasteiger charge is -2.21. The first-order chi connectivity index (χ1) is 6.20. The molecular formula is C9H17NO2S. The van der Waals surface area contributed by atoms with E-state index in [1.165, 1.54) is 31.9 Å². The van der Waals surface area contributed by atoms with Gasteiger partial charge in [-0.3, -0.25) is 4.79 Å². The van der Waals surface area contributed by atoms with Crippen LogP contribution >= 0.6 is 11.8 Å². The predicted octanol–water partition coefficient (Wildman–Crippen LogP) is 0.769. The van der Waals surface area contributed by atoms with E-state index in [2.05, 4.69) is 5.32 Å². The van der Waals surface area contributed by atoms with Crippen molar-refractivity contribution in [3.63, 3.8) is 0 Å². The predicted molar refractivity (Wildman–Crippen MR) is 54.8 cm³/mol. The topological polar surface area (TPSA) is 49.3 Å². The average molecular weight is 203 g/mol. The summed E-state index contributed by atoms with van der Waals surface area (Å²) in [6.45, 7) is 2.19. The lowest BCUT2D eigenvalue weighted by Crippen LogP contribution is -2.37. The van der Waals surface area contributed by atoms with Crippen LogP contribution in [-0.2, 0) is 4.79 Å². The van der Waals surface area contributed by atoms with Crippen molar-refractivity contribution in [2.45, 2.75) is 37.5 Å². The van der Waals surface area contributed by atoms with Crippen molar-refractivity contribution >= 4 is 17.7 Å². The molecule has 0 bridgehead atoms. The second kappa shape index (κ2) is 5.50. The maximum Gasteiger partial charge on any atom is 0.248 e. The molecule has 0 aliphatic carbocycles. The zero-order valence-electron chi connectivity index (χ0n) is 7.95. The lowest BCUT2D eigenvalue weighted by atomic mass is 10.2. The van der Waals surface area contributed by atoms with Crippen LogP contribution in [0, 0.1) is 0 Å². The Morgan fingerprint density at radius 1 is 1.69 bits per heavy atom. The molecule has 1 aliphatic heterocycles. The third-order valence-electron chi connectivity index (χ3n) is 2.16. The molecule has 76 valence electrons. The van der Waals surface area contributed by atoms with Gasteiger partial charge in [-0.05, 0) is 25.5 Å². The Hall–Kier alpha value is -0.220. The Morgan fingerprint density at radius 3 is 3.00 bits per heavy atom. The van der Waals surface area contributed by atoms with Gasteiger partial charge < -0.3 is 10.4 Å². The molecule has 2 atom stereocenters. The summed E-state index contributed by atoms with van der Waals surface area (Å²) in [5.41, 5.74) is 0. The molecule has 13 heavy (non-hydrogen) atoms. The molecule has 3 nitrogen and oxygen atoms in total. The van der Waals surface area contributed by atoms with Gasteiger partial charge >= 0.3 is 0 Å². The van der Waals surface area contributed by atoms with Crippen molar-refractivity contribution in [3.8, 4) is 0 Å². The van der Waals surface area contributed by atoms with Gasteiger partial charge in [-0.25, -0.2) is 0 Å². The number of carbonyl (C=O) groups is 1. The number of aliphatic hydroxyl groups is 1. The number of amides is 1. The first-order valence-electron chi connectivity index (χ1n) is 4.77. The Morgan fingerprint density at radius 2 is 2.46 bits per heavy atom. The third kappa shape index (κ3) is 4.00. The minimum Gasteiger partial charge on any atom is -0.384 e. The van der Waals surface area contributed by atoms with Crippen LogP contribution in [0.2, 0.25) is 0 Å². The number of rotatable bonds is 3. The number of hydrogen-bond donors (Lipinski definition) is 2. The van der Waals surface area contributed by atoms with E-state index in [0.29, 0.717) is 11.8 Å². The van der Waals surface area contributed by atoms with E-state index in [1.54, 1.807) is 0 Å². The van der Waals surface area contributed by atoms with Crippen molar-refractivity contribution in [3.05, 3.63) is 0 Å². The second-order valence-corrected chi connectivity index (χ2v) is 4.82. The van der Waals surface area contributed by atoms with Crippen molar-refractivity contribution in [2.24, 2.45) is 0 Å². The molecule has 1 amide bonds. The highest BCUT2D eigenvalue weighted by molar-refractivity contribution is 7.99. The zero-order chi connectivity index (χ0) is 9.68. The summed E-state index contributed by atoms with van der Waals surface area (Å²) in [4.78, 5) is 11.0. The fourth-order valence-electron chi connectivity index (χ4n) is 1.33. The lowest BCUT2D eigenvalue weighted by molar-refractivity contribution is -0.128.